The second kappa shape index (κ2) is 11.6. The fraction of sp³-hybridized carbons (Fsp3) is 0.115. The van der Waals surface area contributed by atoms with Gasteiger partial charge in [0.05, 0.1) is 23.5 Å². The van der Waals surface area contributed by atoms with Crippen molar-refractivity contribution in [1.82, 2.24) is 4.90 Å². The van der Waals surface area contributed by atoms with E-state index in [0.29, 0.717) is 17.4 Å². The number of hydrogen-bond acceptors (Lipinski definition) is 10. The summed E-state index contributed by atoms with van der Waals surface area (Å²) >= 11 is 0.601. The van der Waals surface area contributed by atoms with Gasteiger partial charge in [0.25, 0.3) is 16.8 Å². The number of nitro groups is 1. The lowest BCUT2D eigenvalue weighted by atomic mass is 10.1. The Bertz CT molecular complexity index is 1650. The smallest absolute Gasteiger partial charge is 0.339 e. The van der Waals surface area contributed by atoms with Gasteiger partial charge in [-0.2, -0.15) is 8.42 Å². The van der Waals surface area contributed by atoms with Crippen molar-refractivity contribution in [2.45, 2.75) is 18.4 Å². The first-order valence-electron chi connectivity index (χ1n) is 11.5. The molecule has 3 amide bonds. The molecule has 3 aromatic carbocycles. The number of thioether (sulfide) groups is 1. The lowest BCUT2D eigenvalue weighted by molar-refractivity contribution is -0.385. The van der Waals surface area contributed by atoms with Gasteiger partial charge in [0, 0.05) is 29.8 Å². The number of imide groups is 1. The zero-order valence-corrected chi connectivity index (χ0v) is 22.7. The van der Waals surface area contributed by atoms with Crippen molar-refractivity contribution in [3.8, 4) is 11.5 Å². The van der Waals surface area contributed by atoms with Gasteiger partial charge in [-0.1, -0.05) is 30.3 Å². The summed E-state index contributed by atoms with van der Waals surface area (Å²) < 4.78 is 36.9. The number of para-hydroxylation sites is 2. The molecule has 1 saturated heterocycles. The van der Waals surface area contributed by atoms with Crippen molar-refractivity contribution in [3.05, 3.63) is 92.9 Å². The third-order valence-corrected chi connectivity index (χ3v) is 7.71. The average Bonchev–Trinajstić information content (AvgIpc) is 3.17. The minimum absolute atomic E-state index is 0.0428. The molecule has 1 N–H and O–H groups in total. The van der Waals surface area contributed by atoms with Gasteiger partial charge in [-0.05, 0) is 48.2 Å². The van der Waals surface area contributed by atoms with E-state index in [4.69, 9.17) is 8.92 Å². The van der Waals surface area contributed by atoms with E-state index in [-0.39, 0.29) is 50.6 Å². The molecule has 0 aromatic heterocycles. The molecule has 1 heterocycles. The summed E-state index contributed by atoms with van der Waals surface area (Å²) in [7, 11) is -3.08. The molecule has 40 heavy (non-hydrogen) atoms. The van der Waals surface area contributed by atoms with Crippen LogP contribution in [0.3, 0.4) is 0 Å². The summed E-state index contributed by atoms with van der Waals surface area (Å²) in [5, 5.41) is 13.2. The maximum Gasteiger partial charge on any atom is 0.339 e. The molecule has 1 fully saturated rings. The molecule has 14 heteroatoms. The molecular weight excluding hydrogens is 562 g/mol. The van der Waals surface area contributed by atoms with Crippen molar-refractivity contribution in [2.24, 2.45) is 0 Å². The van der Waals surface area contributed by atoms with Gasteiger partial charge in [0.15, 0.2) is 11.5 Å². The van der Waals surface area contributed by atoms with Crippen LogP contribution < -0.4 is 14.2 Å². The minimum Gasteiger partial charge on any atom is -0.493 e. The predicted molar refractivity (Wildman–Crippen MR) is 146 cm³/mol. The van der Waals surface area contributed by atoms with Gasteiger partial charge in [0.1, 0.15) is 4.90 Å². The second-order valence-electron chi connectivity index (χ2n) is 8.28. The molecule has 0 spiro atoms. The van der Waals surface area contributed by atoms with E-state index in [2.05, 4.69) is 5.32 Å². The number of ether oxygens (including phenoxy) is 1. The molecule has 3 aromatic rings. The van der Waals surface area contributed by atoms with E-state index in [1.807, 2.05) is 0 Å². The molecule has 0 radical (unpaired) electrons. The van der Waals surface area contributed by atoms with E-state index in [0.717, 1.165) is 4.90 Å². The van der Waals surface area contributed by atoms with Crippen LogP contribution in [0.5, 0.6) is 11.5 Å². The summed E-state index contributed by atoms with van der Waals surface area (Å²) in [6.07, 6.45) is 1.29. The Morgan fingerprint density at radius 2 is 1.77 bits per heavy atom. The van der Waals surface area contributed by atoms with Crippen LogP contribution in [0.2, 0.25) is 0 Å². The first kappa shape index (κ1) is 28.3. The first-order chi connectivity index (χ1) is 19.0. The number of carbonyl (C=O) groups is 3. The highest BCUT2D eigenvalue weighted by molar-refractivity contribution is 8.18. The SMILES string of the molecule is COc1cccc(/C=C2\SC(=O)N(Cc3ccccc3[N+](=O)[O-])C2=O)c1OS(=O)(=O)c1ccc(NC(C)=O)cc1. The van der Waals surface area contributed by atoms with Gasteiger partial charge in [0.2, 0.25) is 5.91 Å². The molecule has 1 aliphatic heterocycles. The van der Waals surface area contributed by atoms with Gasteiger partial charge >= 0.3 is 10.1 Å². The van der Waals surface area contributed by atoms with E-state index in [1.165, 1.54) is 74.7 Å². The molecule has 0 unspecified atom stereocenters. The number of nitro benzene ring substituents is 1. The third-order valence-electron chi connectivity index (χ3n) is 5.56. The van der Waals surface area contributed by atoms with E-state index >= 15 is 0 Å². The molecule has 4 rings (SSSR count). The molecule has 12 nitrogen and oxygen atoms in total. The lowest BCUT2D eigenvalue weighted by Gasteiger charge is -2.14. The topological polar surface area (TPSA) is 162 Å². The van der Waals surface area contributed by atoms with Gasteiger partial charge in [-0.25, -0.2) is 0 Å². The first-order valence-corrected chi connectivity index (χ1v) is 13.7. The molecule has 0 saturated carbocycles. The van der Waals surface area contributed by atoms with Crippen LogP contribution in [-0.4, -0.2) is 42.4 Å². The normalized spacial score (nSPS) is 14.3. The van der Waals surface area contributed by atoms with E-state index in [1.54, 1.807) is 12.1 Å². The number of methoxy groups -OCH3 is 1. The number of carbonyl (C=O) groups excluding carboxylic acids is 3. The summed E-state index contributed by atoms with van der Waals surface area (Å²) in [5.41, 5.74) is 0.469. The monoisotopic (exact) mass is 583 g/mol. The van der Waals surface area contributed by atoms with Gasteiger partial charge in [-0.3, -0.25) is 29.4 Å². The van der Waals surface area contributed by atoms with Gasteiger partial charge < -0.3 is 14.2 Å². The molecule has 0 aliphatic carbocycles. The predicted octanol–water partition coefficient (Wildman–Crippen LogP) is 4.57. The molecule has 0 atom stereocenters. The number of nitrogens with one attached hydrogen (secondary N) is 1. The van der Waals surface area contributed by atoms with Crippen LogP contribution >= 0.6 is 11.8 Å². The molecule has 1 aliphatic rings. The quantitative estimate of drug-likeness (QED) is 0.163. The van der Waals surface area contributed by atoms with E-state index < -0.39 is 26.2 Å². The van der Waals surface area contributed by atoms with Crippen molar-refractivity contribution in [2.75, 3.05) is 12.4 Å². The van der Waals surface area contributed by atoms with E-state index in [9.17, 15) is 32.9 Å². The van der Waals surface area contributed by atoms with Crippen LogP contribution in [-0.2, 0) is 26.3 Å². The fourth-order valence-electron chi connectivity index (χ4n) is 3.73. The fourth-order valence-corrected chi connectivity index (χ4v) is 5.53. The van der Waals surface area contributed by atoms with Crippen molar-refractivity contribution < 1.29 is 36.6 Å². The highest BCUT2D eigenvalue weighted by Crippen LogP contribution is 2.39. The van der Waals surface area contributed by atoms with Crippen molar-refractivity contribution >= 4 is 56.4 Å². The standard InChI is InChI=1S/C26H21N3O9S2/c1-16(30)27-19-10-12-20(13-11-19)40(35,36)38-24-17(7-5-9-22(24)37-2)14-23-25(31)28(26(32)39-23)15-18-6-3-4-8-21(18)29(33)34/h3-14H,15H2,1-2H3,(H,27,30)/b23-14-. The highest BCUT2D eigenvalue weighted by atomic mass is 32.2. The zero-order valence-electron chi connectivity index (χ0n) is 21.0. The number of benzene rings is 3. The van der Waals surface area contributed by atoms with Crippen molar-refractivity contribution in [1.29, 1.82) is 0 Å². The highest BCUT2D eigenvalue weighted by Gasteiger charge is 2.36. The Hall–Kier alpha value is -4.69. The molecule has 0 bridgehead atoms. The number of hydrogen-bond donors (Lipinski definition) is 1. The summed E-state index contributed by atoms with van der Waals surface area (Å²) in [6, 6.07) is 15.5. The Kier molecular flexibility index (Phi) is 8.21. The average molecular weight is 584 g/mol. The number of nitrogens with zero attached hydrogens (tertiary/aromatic N) is 2. The van der Waals surface area contributed by atoms with Gasteiger partial charge in [-0.15, -0.1) is 0 Å². The van der Waals surface area contributed by atoms with Crippen LogP contribution in [0.1, 0.15) is 18.1 Å². The summed E-state index contributed by atoms with van der Waals surface area (Å²) in [5.74, 6) is -1.21. The lowest BCUT2D eigenvalue weighted by Crippen LogP contribution is -2.27. The zero-order chi connectivity index (χ0) is 29.0. The second-order valence-corrected chi connectivity index (χ2v) is 10.8. The Labute approximate surface area is 232 Å². The Balaban J connectivity index is 1.64. The largest absolute Gasteiger partial charge is 0.493 e. The third kappa shape index (κ3) is 6.13. The van der Waals surface area contributed by atoms with Crippen LogP contribution in [0.15, 0.2) is 76.5 Å². The van der Waals surface area contributed by atoms with Crippen LogP contribution in [0.25, 0.3) is 6.08 Å². The molecule has 206 valence electrons. The number of amides is 3. The summed E-state index contributed by atoms with van der Waals surface area (Å²) in [6.45, 7) is 1.00. The number of anilines is 1. The maximum absolute atomic E-state index is 13.1. The van der Waals surface area contributed by atoms with Crippen LogP contribution in [0, 0.1) is 10.1 Å². The Morgan fingerprint density at radius 3 is 2.42 bits per heavy atom. The minimum atomic E-state index is -4.39. The maximum atomic E-state index is 13.1. The van der Waals surface area contributed by atoms with Crippen LogP contribution in [0.4, 0.5) is 16.2 Å². The Morgan fingerprint density at radius 1 is 1.07 bits per heavy atom. The summed E-state index contributed by atoms with van der Waals surface area (Å²) in [4.78, 5) is 48.4. The van der Waals surface area contributed by atoms with Crippen molar-refractivity contribution in [3.63, 3.8) is 0 Å². The number of rotatable bonds is 9. The molecular formula is C26H21N3O9S2.